The molecular formula is C14H14N2O6S2. The Hall–Kier alpha value is -1.56. The Bertz CT molecular complexity index is 644. The first kappa shape index (κ1) is 17.3. The summed E-state index contributed by atoms with van der Waals surface area (Å²) in [5.41, 5.74) is 2.19. The van der Waals surface area contributed by atoms with Gasteiger partial charge in [-0.05, 0) is 24.3 Å². The van der Waals surface area contributed by atoms with Gasteiger partial charge in [0.05, 0.1) is 22.8 Å². The number of aromatic nitrogens is 2. The highest BCUT2D eigenvalue weighted by atomic mass is 32.2. The second-order valence-electron chi connectivity index (χ2n) is 4.70. The lowest BCUT2D eigenvalue weighted by Gasteiger charge is -2.08. The summed E-state index contributed by atoms with van der Waals surface area (Å²) >= 11 is -3.85. The Morgan fingerprint density at radius 2 is 0.917 bits per heavy atom. The summed E-state index contributed by atoms with van der Waals surface area (Å²) in [6.07, 6.45) is 0. The van der Waals surface area contributed by atoms with Gasteiger partial charge >= 0.3 is 22.7 Å². The maximum absolute atomic E-state index is 11.7. The minimum Gasteiger partial charge on any atom is -0.262 e. The van der Waals surface area contributed by atoms with Gasteiger partial charge in [-0.25, -0.2) is 0 Å². The van der Waals surface area contributed by atoms with Crippen LogP contribution in [0.15, 0.2) is 36.4 Å². The van der Waals surface area contributed by atoms with Crippen LogP contribution in [0.25, 0.3) is 0 Å². The number of hydrogen-bond acceptors (Lipinski definition) is 8. The molecule has 0 N–H and O–H groups in total. The summed E-state index contributed by atoms with van der Waals surface area (Å²) < 4.78 is 43.9. The van der Waals surface area contributed by atoms with Crippen molar-refractivity contribution in [2.75, 3.05) is 0 Å². The number of pyridine rings is 2. The fraction of sp³-hybridized carbons (Fsp3) is 0.286. The smallest absolute Gasteiger partial charge is 0.262 e. The third kappa shape index (κ3) is 5.23. The van der Waals surface area contributed by atoms with E-state index in [0.717, 1.165) is 0 Å². The van der Waals surface area contributed by atoms with Crippen molar-refractivity contribution in [3.63, 3.8) is 0 Å². The lowest BCUT2D eigenvalue weighted by atomic mass is 10.3. The zero-order chi connectivity index (χ0) is 16.8. The predicted molar refractivity (Wildman–Crippen MR) is 83.9 cm³/mol. The summed E-state index contributed by atoms with van der Waals surface area (Å²) in [4.78, 5) is 8.50. The van der Waals surface area contributed by atoms with E-state index < -0.39 is 22.7 Å². The van der Waals surface area contributed by atoms with Gasteiger partial charge in [-0.1, -0.05) is 12.1 Å². The molecule has 0 radical (unpaired) electrons. The van der Waals surface area contributed by atoms with Gasteiger partial charge < -0.3 is 0 Å². The van der Waals surface area contributed by atoms with Gasteiger partial charge in [0.25, 0.3) is 0 Å². The fourth-order valence-electron chi connectivity index (χ4n) is 1.88. The van der Waals surface area contributed by atoms with Gasteiger partial charge in [-0.15, -0.1) is 0 Å². The van der Waals surface area contributed by atoms with E-state index in [1.807, 2.05) is 0 Å². The van der Waals surface area contributed by atoms with Gasteiger partial charge in [0.1, 0.15) is 26.4 Å². The standard InChI is InChI=1S/C14H14N2O6S2/c17-23-19-7-11-3-1-4-12(15-11)8-20-24(18)22-10-14-6-2-5-13(16-14)9-21-23/h1-6H,7-10H2. The number of nitrogens with zero attached hydrogens (tertiary/aromatic N) is 2. The van der Waals surface area contributed by atoms with Crippen LogP contribution in [0.3, 0.4) is 0 Å². The van der Waals surface area contributed by atoms with E-state index in [2.05, 4.69) is 9.97 Å². The molecule has 128 valence electrons. The molecule has 1 aliphatic rings. The first-order valence-corrected chi connectivity index (χ1v) is 8.95. The highest BCUT2D eigenvalue weighted by Gasteiger charge is 2.09. The molecule has 0 unspecified atom stereocenters. The SMILES string of the molecule is O=S1OCc2cccc(n2)COS(=O)OCc2cccc(n2)CO1. The Kier molecular flexibility index (Phi) is 6.12. The van der Waals surface area contributed by atoms with Crippen molar-refractivity contribution >= 4 is 22.7 Å². The Morgan fingerprint density at radius 3 is 1.21 bits per heavy atom. The van der Waals surface area contributed by atoms with Crippen molar-refractivity contribution in [3.8, 4) is 0 Å². The molecule has 3 heterocycles. The van der Waals surface area contributed by atoms with Gasteiger partial charge in [0, 0.05) is 0 Å². The lowest BCUT2D eigenvalue weighted by Crippen LogP contribution is -2.09. The monoisotopic (exact) mass is 370 g/mol. The third-order valence-corrected chi connectivity index (χ3v) is 4.18. The highest BCUT2D eigenvalue weighted by Crippen LogP contribution is 2.09. The van der Waals surface area contributed by atoms with Crippen molar-refractivity contribution < 1.29 is 25.2 Å². The first-order chi connectivity index (χ1) is 11.7. The van der Waals surface area contributed by atoms with Crippen molar-refractivity contribution in [3.05, 3.63) is 59.2 Å². The molecule has 0 aliphatic carbocycles. The van der Waals surface area contributed by atoms with E-state index in [-0.39, 0.29) is 26.4 Å². The molecule has 0 fully saturated rings. The summed E-state index contributed by atoms with van der Waals surface area (Å²) in [7, 11) is 0. The molecule has 2 aromatic rings. The Balaban J connectivity index is 1.76. The van der Waals surface area contributed by atoms with Crippen molar-refractivity contribution in [2.24, 2.45) is 0 Å². The minimum absolute atomic E-state index is 0.00745. The topological polar surface area (TPSA) is 96.8 Å². The number of fused-ring (bicyclic) bond motifs is 4. The molecular weight excluding hydrogens is 356 g/mol. The number of hydrogen-bond donors (Lipinski definition) is 0. The normalized spacial score (nSPS) is 22.8. The zero-order valence-electron chi connectivity index (χ0n) is 12.5. The zero-order valence-corrected chi connectivity index (χ0v) is 14.1. The molecule has 8 nitrogen and oxygen atoms in total. The second-order valence-corrected chi connectivity index (χ2v) is 6.46. The van der Waals surface area contributed by atoms with Gasteiger partial charge in [-0.2, -0.15) is 8.42 Å². The summed E-state index contributed by atoms with van der Waals surface area (Å²) in [6, 6.07) is 10.3. The average molecular weight is 370 g/mol. The fourth-order valence-corrected chi connectivity index (χ4v) is 2.89. The van der Waals surface area contributed by atoms with Crippen LogP contribution in [0.2, 0.25) is 0 Å². The molecule has 2 aromatic heterocycles. The number of rotatable bonds is 0. The van der Waals surface area contributed by atoms with Crippen LogP contribution in [0, 0.1) is 0 Å². The molecule has 0 aromatic carbocycles. The maximum atomic E-state index is 11.7. The van der Waals surface area contributed by atoms with E-state index >= 15 is 0 Å². The van der Waals surface area contributed by atoms with E-state index in [0.29, 0.717) is 22.8 Å². The Labute approximate surface area is 143 Å². The lowest BCUT2D eigenvalue weighted by molar-refractivity contribution is 0.224. The van der Waals surface area contributed by atoms with Crippen LogP contribution < -0.4 is 0 Å². The summed E-state index contributed by atoms with van der Waals surface area (Å²) in [5.74, 6) is 0. The molecule has 0 saturated carbocycles. The van der Waals surface area contributed by atoms with E-state index in [9.17, 15) is 8.42 Å². The second kappa shape index (κ2) is 8.51. The summed E-state index contributed by atoms with van der Waals surface area (Å²) in [6.45, 7) is 0.0298. The van der Waals surface area contributed by atoms with Crippen molar-refractivity contribution in [1.29, 1.82) is 0 Å². The van der Waals surface area contributed by atoms with E-state index in [4.69, 9.17) is 16.7 Å². The van der Waals surface area contributed by atoms with E-state index in [1.165, 1.54) is 0 Å². The van der Waals surface area contributed by atoms with Crippen LogP contribution in [0.5, 0.6) is 0 Å². The largest absolute Gasteiger partial charge is 0.305 e. The first-order valence-electron chi connectivity index (χ1n) is 6.95. The van der Waals surface area contributed by atoms with Crippen LogP contribution in [-0.4, -0.2) is 18.4 Å². The maximum Gasteiger partial charge on any atom is 0.305 e. The minimum atomic E-state index is -1.92. The van der Waals surface area contributed by atoms with Gasteiger partial charge in [0.2, 0.25) is 0 Å². The molecule has 0 atom stereocenters. The Morgan fingerprint density at radius 1 is 0.625 bits per heavy atom. The molecule has 4 bridgehead atoms. The van der Waals surface area contributed by atoms with Crippen LogP contribution in [-0.2, 0) is 65.9 Å². The predicted octanol–water partition coefficient (Wildman–Crippen LogP) is 1.41. The van der Waals surface area contributed by atoms with Crippen LogP contribution >= 0.6 is 0 Å². The third-order valence-electron chi connectivity index (χ3n) is 2.94. The molecule has 10 heteroatoms. The van der Waals surface area contributed by atoms with Crippen molar-refractivity contribution in [2.45, 2.75) is 26.4 Å². The molecule has 24 heavy (non-hydrogen) atoms. The van der Waals surface area contributed by atoms with Gasteiger partial charge in [0.15, 0.2) is 0 Å². The van der Waals surface area contributed by atoms with Gasteiger partial charge in [-0.3, -0.25) is 26.7 Å². The molecule has 1 aliphatic heterocycles. The van der Waals surface area contributed by atoms with Crippen LogP contribution in [0.1, 0.15) is 22.8 Å². The van der Waals surface area contributed by atoms with E-state index in [1.54, 1.807) is 36.4 Å². The average Bonchev–Trinajstić information content (AvgIpc) is 2.61. The van der Waals surface area contributed by atoms with Crippen molar-refractivity contribution in [1.82, 2.24) is 9.97 Å². The highest BCUT2D eigenvalue weighted by molar-refractivity contribution is 7.75. The molecule has 3 rings (SSSR count). The molecule has 0 saturated heterocycles. The molecule has 0 amide bonds. The quantitative estimate of drug-likeness (QED) is 0.687. The van der Waals surface area contributed by atoms with Crippen LogP contribution in [0.4, 0.5) is 0 Å². The summed E-state index contributed by atoms with van der Waals surface area (Å²) in [5, 5.41) is 0. The molecule has 0 spiro atoms.